The average molecular weight is 233 g/mol. The van der Waals surface area contributed by atoms with E-state index < -0.39 is 0 Å². The molecule has 1 aromatic heterocycles. The second-order valence-electron chi connectivity index (χ2n) is 4.59. The zero-order valence-electron chi connectivity index (χ0n) is 10.2. The lowest BCUT2D eigenvalue weighted by molar-refractivity contribution is -0.130. The first-order chi connectivity index (χ1) is 8.20. The molecule has 2 rings (SSSR count). The molecular weight excluding hydrogens is 214 g/mol. The molecule has 1 aliphatic heterocycles. The van der Waals surface area contributed by atoms with Gasteiger partial charge in [0.15, 0.2) is 0 Å². The Labute approximate surface area is 102 Å². The van der Waals surface area contributed by atoms with Crippen molar-refractivity contribution < 1.29 is 4.79 Å². The Morgan fingerprint density at radius 3 is 3.12 bits per heavy atom. The minimum Gasteiger partial charge on any atom is -0.341 e. The Kier molecular flexibility index (Phi) is 3.74. The third-order valence-corrected chi connectivity index (χ3v) is 3.28. The van der Waals surface area contributed by atoms with Crippen molar-refractivity contribution in [2.45, 2.75) is 25.7 Å². The minimum absolute atomic E-state index is 0.0438. The maximum Gasteiger partial charge on any atom is 0.236 e. The van der Waals surface area contributed by atoms with Crippen LogP contribution in [0.1, 0.15) is 30.1 Å². The van der Waals surface area contributed by atoms with Gasteiger partial charge in [-0.1, -0.05) is 6.07 Å². The summed E-state index contributed by atoms with van der Waals surface area (Å²) < 4.78 is 0. The summed E-state index contributed by atoms with van der Waals surface area (Å²) in [6.07, 6.45) is 2.14. The van der Waals surface area contributed by atoms with E-state index in [0.717, 1.165) is 37.3 Å². The molecule has 92 valence electrons. The van der Waals surface area contributed by atoms with Gasteiger partial charge in [-0.05, 0) is 31.9 Å². The Balaban J connectivity index is 2.09. The molecule has 1 amide bonds. The van der Waals surface area contributed by atoms with Crippen LogP contribution >= 0.6 is 0 Å². The average Bonchev–Trinajstić information content (AvgIpc) is 2.38. The number of nitrogens with zero attached hydrogens (tertiary/aromatic N) is 2. The van der Waals surface area contributed by atoms with Crippen LogP contribution in [0, 0.1) is 6.92 Å². The third-order valence-electron chi connectivity index (χ3n) is 3.28. The summed E-state index contributed by atoms with van der Waals surface area (Å²) in [5.74, 6) is 0.404. The maximum absolute atomic E-state index is 11.6. The summed E-state index contributed by atoms with van der Waals surface area (Å²) in [7, 11) is 0. The molecule has 4 nitrogen and oxygen atoms in total. The number of hydrogen-bond acceptors (Lipinski definition) is 3. The van der Waals surface area contributed by atoms with Crippen molar-refractivity contribution in [3.05, 3.63) is 29.6 Å². The molecule has 1 fully saturated rings. The fraction of sp³-hybridized carbons (Fsp3) is 0.538. The minimum atomic E-state index is 0.0438. The number of aryl methyl sites for hydroxylation is 1. The van der Waals surface area contributed by atoms with Crippen LogP contribution in [0.5, 0.6) is 0 Å². The molecule has 0 unspecified atom stereocenters. The summed E-state index contributed by atoms with van der Waals surface area (Å²) in [6, 6.07) is 6.07. The van der Waals surface area contributed by atoms with E-state index in [2.05, 4.69) is 4.98 Å². The number of pyridine rings is 1. The standard InChI is InChI=1S/C13H19N3O/c1-10-4-2-6-12(15-10)11-5-3-7-16(9-11)13(17)8-14/h2,4,6,11H,3,5,7-9,14H2,1H3/t11-/m0/s1. The zero-order chi connectivity index (χ0) is 12.3. The van der Waals surface area contributed by atoms with Crippen molar-refractivity contribution in [1.29, 1.82) is 0 Å². The fourth-order valence-electron chi connectivity index (χ4n) is 2.37. The summed E-state index contributed by atoms with van der Waals surface area (Å²) in [6.45, 7) is 3.69. The van der Waals surface area contributed by atoms with Gasteiger partial charge in [-0.2, -0.15) is 0 Å². The van der Waals surface area contributed by atoms with E-state index in [-0.39, 0.29) is 12.5 Å². The fourth-order valence-corrected chi connectivity index (χ4v) is 2.37. The molecule has 2 heterocycles. The quantitative estimate of drug-likeness (QED) is 0.830. The molecule has 0 saturated carbocycles. The van der Waals surface area contributed by atoms with E-state index in [0.29, 0.717) is 5.92 Å². The van der Waals surface area contributed by atoms with Crippen LogP contribution in [0.4, 0.5) is 0 Å². The van der Waals surface area contributed by atoms with Crippen molar-refractivity contribution in [2.24, 2.45) is 5.73 Å². The van der Waals surface area contributed by atoms with Crippen LogP contribution in [0.3, 0.4) is 0 Å². The van der Waals surface area contributed by atoms with E-state index in [1.807, 2.05) is 30.0 Å². The molecule has 2 N–H and O–H groups in total. The van der Waals surface area contributed by atoms with Crippen LogP contribution in [-0.4, -0.2) is 35.4 Å². The van der Waals surface area contributed by atoms with Crippen molar-refractivity contribution in [1.82, 2.24) is 9.88 Å². The number of likely N-dealkylation sites (tertiary alicyclic amines) is 1. The number of hydrogen-bond donors (Lipinski definition) is 1. The Morgan fingerprint density at radius 2 is 2.41 bits per heavy atom. The molecule has 1 aromatic rings. The molecule has 0 spiro atoms. The number of piperidine rings is 1. The second kappa shape index (κ2) is 5.27. The second-order valence-corrected chi connectivity index (χ2v) is 4.59. The smallest absolute Gasteiger partial charge is 0.236 e. The summed E-state index contributed by atoms with van der Waals surface area (Å²) in [4.78, 5) is 18.0. The normalized spacial score (nSPS) is 20.4. The predicted molar refractivity (Wildman–Crippen MR) is 66.6 cm³/mol. The number of nitrogens with two attached hydrogens (primary N) is 1. The number of amides is 1. The Hall–Kier alpha value is -1.42. The first kappa shape index (κ1) is 12.0. The van der Waals surface area contributed by atoms with Gasteiger partial charge in [-0.25, -0.2) is 0 Å². The van der Waals surface area contributed by atoms with Crippen molar-refractivity contribution in [2.75, 3.05) is 19.6 Å². The largest absolute Gasteiger partial charge is 0.341 e. The lowest BCUT2D eigenvalue weighted by Gasteiger charge is -2.32. The van der Waals surface area contributed by atoms with Gasteiger partial charge < -0.3 is 10.6 Å². The Bertz CT molecular complexity index is 405. The van der Waals surface area contributed by atoms with E-state index in [1.165, 1.54) is 0 Å². The van der Waals surface area contributed by atoms with Crippen LogP contribution < -0.4 is 5.73 Å². The van der Waals surface area contributed by atoms with Crippen LogP contribution in [-0.2, 0) is 4.79 Å². The molecule has 0 aromatic carbocycles. The molecule has 4 heteroatoms. The van der Waals surface area contributed by atoms with Gasteiger partial charge in [0.05, 0.1) is 6.54 Å². The van der Waals surface area contributed by atoms with Crippen LogP contribution in [0.25, 0.3) is 0 Å². The van der Waals surface area contributed by atoms with Crippen molar-refractivity contribution >= 4 is 5.91 Å². The zero-order valence-corrected chi connectivity index (χ0v) is 10.2. The van der Waals surface area contributed by atoms with E-state index in [4.69, 9.17) is 5.73 Å². The highest BCUT2D eigenvalue weighted by atomic mass is 16.2. The molecule has 1 atom stereocenters. The molecule has 0 aliphatic carbocycles. The summed E-state index contributed by atoms with van der Waals surface area (Å²) in [5.41, 5.74) is 7.53. The predicted octanol–water partition coefficient (Wildman–Crippen LogP) is 1.05. The lowest BCUT2D eigenvalue weighted by Crippen LogP contribution is -2.42. The molecular formula is C13H19N3O. The van der Waals surface area contributed by atoms with E-state index >= 15 is 0 Å². The first-order valence-electron chi connectivity index (χ1n) is 6.12. The summed E-state index contributed by atoms with van der Waals surface area (Å²) >= 11 is 0. The lowest BCUT2D eigenvalue weighted by atomic mass is 9.94. The highest BCUT2D eigenvalue weighted by Crippen LogP contribution is 2.25. The molecule has 17 heavy (non-hydrogen) atoms. The van der Waals surface area contributed by atoms with Gasteiger partial charge >= 0.3 is 0 Å². The number of aromatic nitrogens is 1. The van der Waals surface area contributed by atoms with Gasteiger partial charge in [0.2, 0.25) is 5.91 Å². The van der Waals surface area contributed by atoms with Gasteiger partial charge in [0, 0.05) is 30.4 Å². The van der Waals surface area contributed by atoms with Gasteiger partial charge in [-0.3, -0.25) is 9.78 Å². The van der Waals surface area contributed by atoms with Gasteiger partial charge in [0.25, 0.3) is 0 Å². The highest BCUT2D eigenvalue weighted by Gasteiger charge is 2.24. The topological polar surface area (TPSA) is 59.2 Å². The highest BCUT2D eigenvalue weighted by molar-refractivity contribution is 5.78. The summed E-state index contributed by atoms with van der Waals surface area (Å²) in [5, 5.41) is 0. The van der Waals surface area contributed by atoms with Crippen LogP contribution in [0.15, 0.2) is 18.2 Å². The monoisotopic (exact) mass is 233 g/mol. The van der Waals surface area contributed by atoms with Crippen molar-refractivity contribution in [3.8, 4) is 0 Å². The third kappa shape index (κ3) is 2.82. The number of rotatable bonds is 2. The Morgan fingerprint density at radius 1 is 1.59 bits per heavy atom. The maximum atomic E-state index is 11.6. The van der Waals surface area contributed by atoms with Crippen LogP contribution in [0.2, 0.25) is 0 Å². The molecule has 1 aliphatic rings. The molecule has 0 bridgehead atoms. The van der Waals surface area contributed by atoms with Gasteiger partial charge in [-0.15, -0.1) is 0 Å². The molecule has 0 radical (unpaired) electrons. The first-order valence-corrected chi connectivity index (χ1v) is 6.12. The van der Waals surface area contributed by atoms with E-state index in [9.17, 15) is 4.79 Å². The number of carbonyl (C=O) groups excluding carboxylic acids is 1. The van der Waals surface area contributed by atoms with Crippen molar-refractivity contribution in [3.63, 3.8) is 0 Å². The number of carbonyl (C=O) groups is 1. The van der Waals surface area contributed by atoms with E-state index in [1.54, 1.807) is 0 Å². The van der Waals surface area contributed by atoms with Gasteiger partial charge in [0.1, 0.15) is 0 Å². The SMILES string of the molecule is Cc1cccc([C@H]2CCCN(C(=O)CN)C2)n1. The molecule has 1 saturated heterocycles.